The van der Waals surface area contributed by atoms with Crippen molar-refractivity contribution in [1.82, 2.24) is 4.98 Å². The molecule has 110 valence electrons. The van der Waals surface area contributed by atoms with E-state index in [-0.39, 0.29) is 0 Å². The zero-order chi connectivity index (χ0) is 13.7. The zero-order valence-electron chi connectivity index (χ0n) is 12.2. The number of aromatic nitrogens is 1. The Kier molecular flexibility index (Phi) is 3.15. The van der Waals surface area contributed by atoms with Crippen molar-refractivity contribution in [3.05, 3.63) is 12.0 Å². The van der Waals surface area contributed by atoms with Gasteiger partial charge in [-0.1, -0.05) is 11.8 Å². The van der Waals surface area contributed by atoms with Gasteiger partial charge in [0.15, 0.2) is 0 Å². The van der Waals surface area contributed by atoms with E-state index in [1.54, 1.807) is 18.0 Å². The minimum absolute atomic E-state index is 0.299. The molecular weight excluding hydrogens is 268 g/mol. The molecule has 0 radical (unpaired) electrons. The minimum atomic E-state index is 0.299. The van der Waals surface area contributed by atoms with E-state index in [1.165, 1.54) is 38.5 Å². The first kappa shape index (κ1) is 13.2. The van der Waals surface area contributed by atoms with Crippen molar-refractivity contribution < 1.29 is 4.42 Å². The van der Waals surface area contributed by atoms with Gasteiger partial charge in [-0.25, -0.2) is 4.98 Å². The maximum atomic E-state index is 6.64. The topological polar surface area (TPSA) is 52.0 Å². The molecule has 3 nitrogen and oxygen atoms in total. The van der Waals surface area contributed by atoms with Gasteiger partial charge in [0.25, 0.3) is 5.22 Å². The molecule has 1 aromatic heterocycles. The van der Waals surface area contributed by atoms with Crippen LogP contribution in [0.25, 0.3) is 0 Å². The normalized spacial score (nSPS) is 40.2. The van der Waals surface area contributed by atoms with E-state index in [9.17, 15) is 0 Å². The SMILES string of the molecule is Cc1coc(SCC(N)C23CC4CC(CC(C4)C2)C3)n1. The average molecular weight is 292 g/mol. The lowest BCUT2D eigenvalue weighted by Crippen LogP contribution is -2.55. The highest BCUT2D eigenvalue weighted by Crippen LogP contribution is 2.61. The smallest absolute Gasteiger partial charge is 0.255 e. The molecule has 4 aliphatic rings. The summed E-state index contributed by atoms with van der Waals surface area (Å²) in [7, 11) is 0. The number of oxazole rings is 1. The fraction of sp³-hybridized carbons (Fsp3) is 0.812. The van der Waals surface area contributed by atoms with Gasteiger partial charge in [0.1, 0.15) is 6.26 Å². The summed E-state index contributed by atoms with van der Waals surface area (Å²) in [5.74, 6) is 3.87. The van der Waals surface area contributed by atoms with Crippen molar-refractivity contribution in [3.8, 4) is 0 Å². The van der Waals surface area contributed by atoms with E-state index in [2.05, 4.69) is 4.98 Å². The number of thioether (sulfide) groups is 1. The molecule has 0 amide bonds. The number of hydrogen-bond donors (Lipinski definition) is 1. The first-order valence-electron chi connectivity index (χ1n) is 7.93. The van der Waals surface area contributed by atoms with Crippen molar-refractivity contribution in [1.29, 1.82) is 0 Å². The standard InChI is InChI=1S/C16H24N2OS/c1-10-8-19-15(18-10)20-9-14(17)16-5-11-2-12(6-16)4-13(3-11)7-16/h8,11-14H,2-7,9,17H2,1H3. The fourth-order valence-corrected chi connectivity index (χ4v) is 6.37. The third-order valence-corrected chi connectivity index (χ3v) is 6.82. The van der Waals surface area contributed by atoms with E-state index in [0.29, 0.717) is 11.5 Å². The molecule has 0 spiro atoms. The molecule has 4 aliphatic carbocycles. The predicted octanol–water partition coefficient (Wildman–Crippen LogP) is 3.62. The quantitative estimate of drug-likeness (QED) is 0.861. The molecule has 4 heteroatoms. The molecule has 0 saturated heterocycles. The molecule has 4 fully saturated rings. The van der Waals surface area contributed by atoms with Crippen molar-refractivity contribution in [3.63, 3.8) is 0 Å². The molecule has 5 rings (SSSR count). The number of hydrogen-bond acceptors (Lipinski definition) is 4. The number of rotatable bonds is 4. The number of aryl methyl sites for hydroxylation is 1. The van der Waals surface area contributed by atoms with Crippen LogP contribution in [0.5, 0.6) is 0 Å². The summed E-state index contributed by atoms with van der Waals surface area (Å²) in [4.78, 5) is 4.37. The van der Waals surface area contributed by atoms with E-state index in [1.807, 2.05) is 6.92 Å². The van der Waals surface area contributed by atoms with Crippen LogP contribution >= 0.6 is 11.8 Å². The Labute approximate surface area is 125 Å². The van der Waals surface area contributed by atoms with Gasteiger partial charge in [-0.2, -0.15) is 0 Å². The third kappa shape index (κ3) is 2.21. The van der Waals surface area contributed by atoms with Crippen LogP contribution in [0.4, 0.5) is 0 Å². The van der Waals surface area contributed by atoms with Crippen LogP contribution in [0, 0.1) is 30.1 Å². The molecule has 1 atom stereocenters. The molecule has 4 bridgehead atoms. The van der Waals surface area contributed by atoms with Crippen LogP contribution in [0.2, 0.25) is 0 Å². The summed E-state index contributed by atoms with van der Waals surface area (Å²) in [6, 6.07) is 0.299. The lowest BCUT2D eigenvalue weighted by Gasteiger charge is -2.58. The first-order chi connectivity index (χ1) is 9.63. The van der Waals surface area contributed by atoms with Crippen molar-refractivity contribution in [2.75, 3.05) is 5.75 Å². The molecule has 1 heterocycles. The summed E-state index contributed by atoms with van der Waals surface area (Å²) in [6.45, 7) is 1.96. The molecule has 1 unspecified atom stereocenters. The van der Waals surface area contributed by atoms with Crippen LogP contribution in [0.1, 0.15) is 44.2 Å². The Balaban J connectivity index is 1.44. The molecule has 0 aliphatic heterocycles. The van der Waals surface area contributed by atoms with Gasteiger partial charge in [-0.05, 0) is 68.6 Å². The van der Waals surface area contributed by atoms with Crippen molar-refractivity contribution in [2.24, 2.45) is 28.9 Å². The molecule has 20 heavy (non-hydrogen) atoms. The largest absolute Gasteiger partial charge is 0.440 e. The Morgan fingerprint density at radius 3 is 2.40 bits per heavy atom. The Hall–Kier alpha value is -0.480. The predicted molar refractivity (Wildman–Crippen MR) is 80.5 cm³/mol. The van der Waals surface area contributed by atoms with E-state index >= 15 is 0 Å². The molecule has 2 N–H and O–H groups in total. The Morgan fingerprint density at radius 1 is 1.30 bits per heavy atom. The lowest BCUT2D eigenvalue weighted by atomic mass is 9.48. The second-order valence-electron chi connectivity index (χ2n) is 7.45. The lowest BCUT2D eigenvalue weighted by molar-refractivity contribution is -0.0629. The summed E-state index contributed by atoms with van der Waals surface area (Å²) in [5.41, 5.74) is 8.03. The Morgan fingerprint density at radius 2 is 1.90 bits per heavy atom. The summed E-state index contributed by atoms with van der Waals surface area (Å²) in [5, 5.41) is 0.780. The van der Waals surface area contributed by atoms with Crippen LogP contribution in [-0.4, -0.2) is 16.8 Å². The summed E-state index contributed by atoms with van der Waals surface area (Å²) < 4.78 is 5.43. The maximum absolute atomic E-state index is 6.64. The highest BCUT2D eigenvalue weighted by Gasteiger charge is 2.53. The van der Waals surface area contributed by atoms with Crippen molar-refractivity contribution >= 4 is 11.8 Å². The van der Waals surface area contributed by atoms with E-state index < -0.39 is 0 Å². The number of nitrogens with two attached hydrogens (primary N) is 1. The summed E-state index contributed by atoms with van der Waals surface area (Å²) >= 11 is 1.70. The average Bonchev–Trinajstić information content (AvgIpc) is 2.80. The first-order valence-corrected chi connectivity index (χ1v) is 8.92. The van der Waals surface area contributed by atoms with Crippen LogP contribution in [0.15, 0.2) is 15.9 Å². The van der Waals surface area contributed by atoms with Crippen LogP contribution in [-0.2, 0) is 0 Å². The van der Waals surface area contributed by atoms with Gasteiger partial charge >= 0.3 is 0 Å². The van der Waals surface area contributed by atoms with Crippen molar-refractivity contribution in [2.45, 2.75) is 56.7 Å². The number of nitrogens with zero attached hydrogens (tertiary/aromatic N) is 1. The van der Waals surface area contributed by atoms with Crippen LogP contribution in [0.3, 0.4) is 0 Å². The second-order valence-corrected chi connectivity index (χ2v) is 8.42. The zero-order valence-corrected chi connectivity index (χ0v) is 13.0. The minimum Gasteiger partial charge on any atom is -0.440 e. The van der Waals surface area contributed by atoms with Gasteiger partial charge in [0.2, 0.25) is 0 Å². The van der Waals surface area contributed by atoms with Gasteiger partial charge in [-0.15, -0.1) is 0 Å². The second kappa shape index (κ2) is 4.77. The summed E-state index contributed by atoms with van der Waals surface area (Å²) in [6.07, 6.45) is 10.3. The van der Waals surface area contributed by atoms with E-state index in [0.717, 1.165) is 34.4 Å². The molecule has 0 aromatic carbocycles. The molecular formula is C16H24N2OS. The van der Waals surface area contributed by atoms with E-state index in [4.69, 9.17) is 10.2 Å². The van der Waals surface area contributed by atoms with Gasteiger partial charge in [0.05, 0.1) is 5.69 Å². The maximum Gasteiger partial charge on any atom is 0.255 e. The fourth-order valence-electron chi connectivity index (χ4n) is 5.37. The monoisotopic (exact) mass is 292 g/mol. The molecule has 4 saturated carbocycles. The third-order valence-electron chi connectivity index (χ3n) is 5.86. The Bertz CT molecular complexity index is 463. The van der Waals surface area contributed by atoms with Gasteiger partial charge < -0.3 is 10.2 Å². The highest BCUT2D eigenvalue weighted by molar-refractivity contribution is 7.99. The van der Waals surface area contributed by atoms with Crippen LogP contribution < -0.4 is 5.73 Å². The molecule has 1 aromatic rings. The van der Waals surface area contributed by atoms with Gasteiger partial charge in [-0.3, -0.25) is 0 Å². The highest BCUT2D eigenvalue weighted by atomic mass is 32.2. The van der Waals surface area contributed by atoms with Gasteiger partial charge in [0, 0.05) is 11.8 Å².